The highest BCUT2D eigenvalue weighted by Crippen LogP contribution is 2.32. The summed E-state index contributed by atoms with van der Waals surface area (Å²) in [6, 6.07) is 8.60. The van der Waals surface area contributed by atoms with Crippen molar-refractivity contribution in [2.75, 3.05) is 13.1 Å². The molecule has 1 aromatic carbocycles. The van der Waals surface area contributed by atoms with Crippen molar-refractivity contribution in [2.45, 2.75) is 44.4 Å². The van der Waals surface area contributed by atoms with E-state index in [9.17, 15) is 19.8 Å². The van der Waals surface area contributed by atoms with Crippen molar-refractivity contribution >= 4 is 23.6 Å². The molecule has 1 aromatic heterocycles. The number of carbonyl (C=O) groups is 2. The van der Waals surface area contributed by atoms with Gasteiger partial charge in [0.25, 0.3) is 5.91 Å². The van der Waals surface area contributed by atoms with E-state index in [2.05, 4.69) is 4.98 Å². The third kappa shape index (κ3) is 3.75. The van der Waals surface area contributed by atoms with Gasteiger partial charge in [0.15, 0.2) is 0 Å². The van der Waals surface area contributed by atoms with Gasteiger partial charge < -0.3 is 15.1 Å². The molecular formula is C22H24ClN3O4. The summed E-state index contributed by atoms with van der Waals surface area (Å²) in [7, 11) is 0. The van der Waals surface area contributed by atoms with E-state index in [1.54, 1.807) is 17.2 Å². The largest absolute Gasteiger partial charge is 0.465 e. The Bertz CT molecular complexity index is 983. The van der Waals surface area contributed by atoms with Gasteiger partial charge in [0.05, 0.1) is 12.1 Å². The number of aliphatic hydroxyl groups is 1. The number of rotatable bonds is 4. The Morgan fingerprint density at radius 1 is 1.33 bits per heavy atom. The topological polar surface area (TPSA) is 94.0 Å². The minimum atomic E-state index is -1.08. The van der Waals surface area contributed by atoms with Crippen LogP contribution in [0.2, 0.25) is 5.15 Å². The lowest BCUT2D eigenvalue weighted by molar-refractivity contribution is 0.0155. The lowest BCUT2D eigenvalue weighted by Gasteiger charge is -2.41. The van der Waals surface area contributed by atoms with E-state index in [1.807, 2.05) is 31.2 Å². The standard InChI is InChI=1S/C22H24ClN3O4/c1-2-13-10-25(21(28)16-8-20(23)24-9-17(13)16)12-19(27)18-7-14-5-3-4-6-15(14)11-26(18)22(29)30/h3-6,8-9,13,18-19,27H,2,7,10-12H2,1H3,(H,29,30)/t13?,18-,19?/m0/s1. The van der Waals surface area contributed by atoms with Crippen LogP contribution in [0.3, 0.4) is 0 Å². The number of amides is 2. The highest BCUT2D eigenvalue weighted by molar-refractivity contribution is 6.29. The number of β-amino-alcohol motifs (C(OH)–C–C–N with tert-alkyl or cyclic N) is 1. The second-order valence-corrected chi connectivity index (χ2v) is 8.31. The lowest BCUT2D eigenvalue weighted by Crippen LogP contribution is -2.54. The van der Waals surface area contributed by atoms with Crippen molar-refractivity contribution in [1.29, 1.82) is 0 Å². The fourth-order valence-electron chi connectivity index (χ4n) is 4.52. The van der Waals surface area contributed by atoms with E-state index >= 15 is 0 Å². The zero-order chi connectivity index (χ0) is 21.4. The Kier molecular flexibility index (Phi) is 5.66. The molecule has 2 N–H and O–H groups in total. The van der Waals surface area contributed by atoms with Crippen LogP contribution in [0.4, 0.5) is 4.79 Å². The zero-order valence-corrected chi connectivity index (χ0v) is 17.4. The molecule has 0 aliphatic carbocycles. The Hall–Kier alpha value is -2.64. The van der Waals surface area contributed by atoms with Gasteiger partial charge in [-0.05, 0) is 35.6 Å². The van der Waals surface area contributed by atoms with Gasteiger partial charge in [0, 0.05) is 37.3 Å². The number of hydrogen-bond acceptors (Lipinski definition) is 4. The fourth-order valence-corrected chi connectivity index (χ4v) is 4.68. The van der Waals surface area contributed by atoms with E-state index < -0.39 is 18.2 Å². The summed E-state index contributed by atoms with van der Waals surface area (Å²) in [5, 5.41) is 21.0. The van der Waals surface area contributed by atoms with Gasteiger partial charge in [-0.15, -0.1) is 0 Å². The molecule has 2 aliphatic heterocycles. The predicted octanol–water partition coefficient (Wildman–Crippen LogP) is 3.15. The molecule has 0 fully saturated rings. The molecule has 4 rings (SSSR count). The summed E-state index contributed by atoms with van der Waals surface area (Å²) >= 11 is 6.01. The number of aliphatic hydroxyl groups excluding tert-OH is 1. The molecule has 0 saturated heterocycles. The number of nitrogens with zero attached hydrogens (tertiary/aromatic N) is 3. The van der Waals surface area contributed by atoms with Crippen LogP contribution in [-0.2, 0) is 13.0 Å². The Morgan fingerprint density at radius 3 is 2.77 bits per heavy atom. The van der Waals surface area contributed by atoms with Crippen molar-refractivity contribution in [3.05, 3.63) is 63.9 Å². The lowest BCUT2D eigenvalue weighted by atomic mass is 9.87. The summed E-state index contributed by atoms with van der Waals surface area (Å²) in [5.74, 6) is -0.117. The molecule has 7 nitrogen and oxygen atoms in total. The summed E-state index contributed by atoms with van der Waals surface area (Å²) in [5.41, 5.74) is 3.35. The summed E-state index contributed by atoms with van der Waals surface area (Å²) < 4.78 is 0. The quantitative estimate of drug-likeness (QED) is 0.728. The molecule has 8 heteroatoms. The van der Waals surface area contributed by atoms with Crippen molar-refractivity contribution in [2.24, 2.45) is 0 Å². The first-order valence-corrected chi connectivity index (χ1v) is 10.5. The van der Waals surface area contributed by atoms with Gasteiger partial charge in [0.1, 0.15) is 5.15 Å². The molecule has 30 heavy (non-hydrogen) atoms. The number of halogens is 1. The number of hydrogen-bond donors (Lipinski definition) is 2. The van der Waals surface area contributed by atoms with Crippen LogP contribution in [0.1, 0.15) is 46.3 Å². The summed E-state index contributed by atoms with van der Waals surface area (Å²) in [6.07, 6.45) is 0.800. The number of pyridine rings is 1. The number of carboxylic acid groups (broad SMARTS) is 1. The van der Waals surface area contributed by atoms with Gasteiger partial charge >= 0.3 is 6.09 Å². The molecule has 2 aliphatic rings. The highest BCUT2D eigenvalue weighted by atomic mass is 35.5. The van der Waals surface area contributed by atoms with Crippen LogP contribution >= 0.6 is 11.6 Å². The normalized spacial score (nSPS) is 21.8. The SMILES string of the molecule is CCC1CN(CC(O)[C@@H]2Cc3ccccc3CN2C(=O)O)C(=O)c2cc(Cl)ncc21. The van der Waals surface area contributed by atoms with Gasteiger partial charge in [-0.2, -0.15) is 0 Å². The maximum absolute atomic E-state index is 13.1. The Morgan fingerprint density at radius 2 is 2.07 bits per heavy atom. The van der Waals surface area contributed by atoms with Crippen LogP contribution < -0.4 is 0 Å². The number of fused-ring (bicyclic) bond motifs is 2. The van der Waals surface area contributed by atoms with E-state index in [1.165, 1.54) is 4.90 Å². The monoisotopic (exact) mass is 429 g/mol. The molecule has 0 saturated carbocycles. The van der Waals surface area contributed by atoms with Crippen LogP contribution in [0.25, 0.3) is 0 Å². The molecule has 3 atom stereocenters. The minimum Gasteiger partial charge on any atom is -0.465 e. The first-order valence-electron chi connectivity index (χ1n) is 10.1. The smallest absolute Gasteiger partial charge is 0.407 e. The van der Waals surface area contributed by atoms with Gasteiger partial charge in [-0.3, -0.25) is 9.69 Å². The number of benzene rings is 1. The first-order chi connectivity index (χ1) is 14.4. The maximum Gasteiger partial charge on any atom is 0.407 e. The number of aromatic nitrogens is 1. The molecule has 3 heterocycles. The van der Waals surface area contributed by atoms with E-state index in [4.69, 9.17) is 11.6 Å². The minimum absolute atomic E-state index is 0.0608. The second-order valence-electron chi connectivity index (χ2n) is 7.93. The highest BCUT2D eigenvalue weighted by Gasteiger charge is 2.38. The van der Waals surface area contributed by atoms with Crippen LogP contribution in [-0.4, -0.2) is 62.2 Å². The Balaban J connectivity index is 1.57. The molecule has 2 aromatic rings. The van der Waals surface area contributed by atoms with Gasteiger partial charge in [0.2, 0.25) is 0 Å². The van der Waals surface area contributed by atoms with E-state index in [-0.39, 0.29) is 30.1 Å². The molecule has 2 amide bonds. The van der Waals surface area contributed by atoms with Crippen LogP contribution in [0, 0.1) is 0 Å². The van der Waals surface area contributed by atoms with E-state index in [0.29, 0.717) is 18.5 Å². The van der Waals surface area contributed by atoms with Crippen molar-refractivity contribution < 1.29 is 19.8 Å². The second kappa shape index (κ2) is 8.24. The molecular weight excluding hydrogens is 406 g/mol. The summed E-state index contributed by atoms with van der Waals surface area (Å²) in [6.45, 7) is 2.78. The zero-order valence-electron chi connectivity index (χ0n) is 16.7. The molecule has 158 valence electrons. The van der Waals surface area contributed by atoms with Crippen LogP contribution in [0.15, 0.2) is 36.5 Å². The average molecular weight is 430 g/mol. The van der Waals surface area contributed by atoms with Crippen molar-refractivity contribution in [1.82, 2.24) is 14.8 Å². The third-order valence-corrected chi connectivity index (χ3v) is 6.38. The predicted molar refractivity (Wildman–Crippen MR) is 112 cm³/mol. The fraction of sp³-hybridized carbons (Fsp3) is 0.409. The van der Waals surface area contributed by atoms with Crippen molar-refractivity contribution in [3.8, 4) is 0 Å². The molecule has 0 spiro atoms. The summed E-state index contributed by atoms with van der Waals surface area (Å²) in [4.78, 5) is 31.9. The van der Waals surface area contributed by atoms with Gasteiger partial charge in [-0.25, -0.2) is 9.78 Å². The van der Waals surface area contributed by atoms with E-state index in [0.717, 1.165) is 23.1 Å². The molecule has 2 unspecified atom stereocenters. The van der Waals surface area contributed by atoms with Crippen LogP contribution in [0.5, 0.6) is 0 Å². The maximum atomic E-state index is 13.1. The van der Waals surface area contributed by atoms with Crippen molar-refractivity contribution in [3.63, 3.8) is 0 Å². The van der Waals surface area contributed by atoms with Gasteiger partial charge in [-0.1, -0.05) is 42.8 Å². The number of carbonyl (C=O) groups excluding carboxylic acids is 1. The third-order valence-electron chi connectivity index (χ3n) is 6.18. The molecule has 0 radical (unpaired) electrons. The first kappa shape index (κ1) is 20.6. The Labute approximate surface area is 179 Å². The molecule has 0 bridgehead atoms. The average Bonchev–Trinajstić information content (AvgIpc) is 2.74.